The normalized spacial score (nSPS) is 11.5. The summed E-state index contributed by atoms with van der Waals surface area (Å²) in [6.45, 7) is 5.63. The molecule has 0 radical (unpaired) electrons. The maximum atomic E-state index is 13.1. The van der Waals surface area contributed by atoms with E-state index in [4.69, 9.17) is 0 Å². The molecular formula is C22H22N4O4S. The molecule has 0 atom stereocenters. The van der Waals surface area contributed by atoms with E-state index in [0.29, 0.717) is 5.69 Å². The first-order valence-corrected chi connectivity index (χ1v) is 10.9. The lowest BCUT2D eigenvalue weighted by atomic mass is 10.1. The highest BCUT2D eigenvalue weighted by atomic mass is 32.2. The molecule has 2 N–H and O–H groups in total. The zero-order valence-electron chi connectivity index (χ0n) is 17.3. The largest absolute Gasteiger partial charge is 0.279 e. The van der Waals surface area contributed by atoms with E-state index >= 15 is 0 Å². The van der Waals surface area contributed by atoms with Gasteiger partial charge in [-0.3, -0.25) is 20.3 Å². The Morgan fingerprint density at radius 3 is 2.32 bits per heavy atom. The molecule has 0 aliphatic heterocycles. The van der Waals surface area contributed by atoms with Gasteiger partial charge in [0, 0.05) is 12.1 Å². The predicted octanol–water partition coefficient (Wildman–Crippen LogP) is 4.77. The third-order valence-electron chi connectivity index (χ3n) is 4.53. The molecule has 0 aromatic heterocycles. The summed E-state index contributed by atoms with van der Waals surface area (Å²) in [6, 6.07) is 16.4. The SMILES string of the molecule is Cc1cccc(C=NNc2ccc([N+](=O)[O-])cc2S(=O)(=O)Nc2ccc(C)cc2C)c1. The van der Waals surface area contributed by atoms with Gasteiger partial charge in [-0.2, -0.15) is 5.10 Å². The van der Waals surface area contributed by atoms with E-state index < -0.39 is 14.9 Å². The molecule has 0 saturated carbocycles. The van der Waals surface area contributed by atoms with E-state index in [1.165, 1.54) is 12.1 Å². The van der Waals surface area contributed by atoms with Gasteiger partial charge in [0.1, 0.15) is 4.90 Å². The molecule has 0 aliphatic carbocycles. The van der Waals surface area contributed by atoms with Crippen LogP contribution in [0.15, 0.2) is 70.7 Å². The first kappa shape index (κ1) is 22.0. The Kier molecular flexibility index (Phi) is 6.36. The molecule has 31 heavy (non-hydrogen) atoms. The van der Waals surface area contributed by atoms with Gasteiger partial charge in [0.2, 0.25) is 0 Å². The van der Waals surface area contributed by atoms with Crippen molar-refractivity contribution >= 4 is 33.3 Å². The summed E-state index contributed by atoms with van der Waals surface area (Å²) in [5, 5.41) is 15.3. The van der Waals surface area contributed by atoms with Crippen LogP contribution in [0, 0.1) is 30.9 Å². The summed E-state index contributed by atoms with van der Waals surface area (Å²) in [7, 11) is -4.13. The first-order chi connectivity index (χ1) is 14.7. The lowest BCUT2D eigenvalue weighted by Gasteiger charge is -2.14. The summed E-state index contributed by atoms with van der Waals surface area (Å²) >= 11 is 0. The minimum absolute atomic E-state index is 0.117. The maximum absolute atomic E-state index is 13.1. The predicted molar refractivity (Wildman–Crippen MR) is 122 cm³/mol. The number of anilines is 2. The van der Waals surface area contributed by atoms with Crippen molar-refractivity contribution in [3.8, 4) is 0 Å². The van der Waals surface area contributed by atoms with Crippen LogP contribution < -0.4 is 10.1 Å². The summed E-state index contributed by atoms with van der Waals surface area (Å²) in [4.78, 5) is 10.3. The van der Waals surface area contributed by atoms with Crippen LogP contribution in [0.25, 0.3) is 0 Å². The highest BCUT2D eigenvalue weighted by Crippen LogP contribution is 2.29. The number of sulfonamides is 1. The zero-order valence-corrected chi connectivity index (χ0v) is 18.1. The second-order valence-electron chi connectivity index (χ2n) is 7.15. The summed E-state index contributed by atoms with van der Waals surface area (Å²) in [5.41, 5.74) is 6.47. The number of rotatable bonds is 7. The summed E-state index contributed by atoms with van der Waals surface area (Å²) < 4.78 is 28.7. The molecular weight excluding hydrogens is 416 g/mol. The van der Waals surface area contributed by atoms with Crippen LogP contribution in [0.5, 0.6) is 0 Å². The highest BCUT2D eigenvalue weighted by molar-refractivity contribution is 7.92. The molecule has 3 aromatic rings. The minimum atomic E-state index is -4.13. The molecule has 0 bridgehead atoms. The number of hydrogen-bond donors (Lipinski definition) is 2. The molecule has 3 rings (SSSR count). The van der Waals surface area contributed by atoms with E-state index in [2.05, 4.69) is 15.2 Å². The van der Waals surface area contributed by atoms with Gasteiger partial charge in [-0.25, -0.2) is 8.42 Å². The van der Waals surface area contributed by atoms with Crippen LogP contribution in [0.4, 0.5) is 17.1 Å². The van der Waals surface area contributed by atoms with Gasteiger partial charge >= 0.3 is 0 Å². The molecule has 0 saturated heterocycles. The van der Waals surface area contributed by atoms with E-state index in [1.807, 2.05) is 44.2 Å². The first-order valence-electron chi connectivity index (χ1n) is 9.40. The van der Waals surface area contributed by atoms with Crippen molar-refractivity contribution in [3.63, 3.8) is 0 Å². The molecule has 3 aromatic carbocycles. The Hall–Kier alpha value is -3.72. The molecule has 0 spiro atoms. The average Bonchev–Trinajstić information content (AvgIpc) is 2.70. The smallest absolute Gasteiger partial charge is 0.270 e. The Morgan fingerprint density at radius 2 is 1.65 bits per heavy atom. The summed E-state index contributed by atoms with van der Waals surface area (Å²) in [6.07, 6.45) is 1.54. The van der Waals surface area contributed by atoms with Crippen LogP contribution >= 0.6 is 0 Å². The third-order valence-corrected chi connectivity index (χ3v) is 5.94. The molecule has 0 amide bonds. The second-order valence-corrected chi connectivity index (χ2v) is 8.80. The zero-order chi connectivity index (χ0) is 22.6. The second kappa shape index (κ2) is 8.97. The molecule has 0 aliphatic rings. The van der Waals surface area contributed by atoms with Gasteiger partial charge in [-0.15, -0.1) is 0 Å². The fourth-order valence-electron chi connectivity index (χ4n) is 2.99. The quantitative estimate of drug-likeness (QED) is 0.313. The van der Waals surface area contributed by atoms with Crippen molar-refractivity contribution < 1.29 is 13.3 Å². The lowest BCUT2D eigenvalue weighted by molar-refractivity contribution is -0.385. The molecule has 0 unspecified atom stereocenters. The van der Waals surface area contributed by atoms with Crippen LogP contribution in [-0.4, -0.2) is 19.6 Å². The number of hydrazone groups is 1. The Bertz CT molecular complexity index is 1270. The fourth-order valence-corrected chi connectivity index (χ4v) is 4.30. The monoisotopic (exact) mass is 438 g/mol. The third kappa shape index (κ3) is 5.46. The molecule has 0 fully saturated rings. The number of non-ortho nitro benzene ring substituents is 1. The number of aryl methyl sites for hydroxylation is 3. The van der Waals surface area contributed by atoms with Gasteiger partial charge in [-0.1, -0.05) is 47.5 Å². The number of nitrogens with one attached hydrogen (secondary N) is 2. The van der Waals surface area contributed by atoms with E-state index in [9.17, 15) is 18.5 Å². The van der Waals surface area contributed by atoms with Gasteiger partial charge in [0.25, 0.3) is 15.7 Å². The maximum Gasteiger partial charge on any atom is 0.270 e. The average molecular weight is 439 g/mol. The number of hydrogen-bond acceptors (Lipinski definition) is 6. The van der Waals surface area contributed by atoms with Crippen molar-refractivity contribution in [1.82, 2.24) is 0 Å². The van der Waals surface area contributed by atoms with Crippen LogP contribution in [0.3, 0.4) is 0 Å². The Balaban J connectivity index is 1.96. The number of benzene rings is 3. The van der Waals surface area contributed by atoms with Crippen LogP contribution in [0.2, 0.25) is 0 Å². The Labute approximate surface area is 180 Å². The van der Waals surface area contributed by atoms with Crippen molar-refractivity contribution in [2.24, 2.45) is 5.10 Å². The van der Waals surface area contributed by atoms with Gasteiger partial charge in [-0.05, 0) is 44.0 Å². The van der Waals surface area contributed by atoms with Crippen molar-refractivity contribution in [2.45, 2.75) is 25.7 Å². The number of nitro benzene ring substituents is 1. The van der Waals surface area contributed by atoms with Gasteiger partial charge in [0.05, 0.1) is 22.5 Å². The van der Waals surface area contributed by atoms with Gasteiger partial charge < -0.3 is 0 Å². The number of nitro groups is 1. The highest BCUT2D eigenvalue weighted by Gasteiger charge is 2.23. The minimum Gasteiger partial charge on any atom is -0.279 e. The van der Waals surface area contributed by atoms with E-state index in [0.717, 1.165) is 28.3 Å². The van der Waals surface area contributed by atoms with Gasteiger partial charge in [0.15, 0.2) is 0 Å². The molecule has 9 heteroatoms. The lowest BCUT2D eigenvalue weighted by Crippen LogP contribution is -2.16. The molecule has 0 heterocycles. The van der Waals surface area contributed by atoms with Crippen molar-refractivity contribution in [2.75, 3.05) is 10.1 Å². The Morgan fingerprint density at radius 1 is 0.935 bits per heavy atom. The van der Waals surface area contributed by atoms with Crippen LogP contribution in [-0.2, 0) is 10.0 Å². The number of nitrogens with zero attached hydrogens (tertiary/aromatic N) is 2. The van der Waals surface area contributed by atoms with Crippen molar-refractivity contribution in [3.05, 3.63) is 93.0 Å². The van der Waals surface area contributed by atoms with E-state index in [-0.39, 0.29) is 16.3 Å². The topological polar surface area (TPSA) is 114 Å². The summed E-state index contributed by atoms with van der Waals surface area (Å²) in [5.74, 6) is 0. The molecule has 160 valence electrons. The molecule has 8 nitrogen and oxygen atoms in total. The standard InChI is InChI=1S/C22H22N4O4S/c1-15-5-4-6-18(12-15)14-23-24-21-10-8-19(26(27)28)13-22(21)31(29,30)25-20-9-7-16(2)11-17(20)3/h4-14,24-25H,1-3H3. The fraction of sp³-hybridized carbons (Fsp3) is 0.136. The van der Waals surface area contributed by atoms with Crippen LogP contribution in [0.1, 0.15) is 22.3 Å². The van der Waals surface area contributed by atoms with Crippen molar-refractivity contribution in [1.29, 1.82) is 0 Å². The van der Waals surface area contributed by atoms with E-state index in [1.54, 1.807) is 25.3 Å².